The van der Waals surface area contributed by atoms with Crippen molar-refractivity contribution < 1.29 is 4.74 Å². The van der Waals surface area contributed by atoms with Gasteiger partial charge in [-0.15, -0.1) is 0 Å². The predicted molar refractivity (Wildman–Crippen MR) is 116 cm³/mol. The number of ether oxygens (including phenoxy) is 1. The molecule has 7 heteroatoms. The van der Waals surface area contributed by atoms with Gasteiger partial charge in [0, 0.05) is 19.2 Å². The fourth-order valence-electron chi connectivity index (χ4n) is 4.41. The molecule has 1 unspecified atom stereocenters. The van der Waals surface area contributed by atoms with E-state index in [1.807, 2.05) is 18.2 Å². The molecule has 3 aromatic rings. The highest BCUT2D eigenvalue weighted by atomic mass is 16.5. The number of pyridine rings is 1. The third-order valence-corrected chi connectivity index (χ3v) is 6.23. The lowest BCUT2D eigenvalue weighted by Crippen LogP contribution is -2.35. The Morgan fingerprint density at radius 1 is 1.23 bits per heavy atom. The van der Waals surface area contributed by atoms with E-state index >= 15 is 0 Å². The van der Waals surface area contributed by atoms with E-state index in [1.54, 1.807) is 12.3 Å². The van der Waals surface area contributed by atoms with Gasteiger partial charge in [-0.25, -0.2) is 4.98 Å². The second-order valence-electron chi connectivity index (χ2n) is 8.40. The summed E-state index contributed by atoms with van der Waals surface area (Å²) in [6, 6.07) is 9.69. The highest BCUT2D eigenvalue weighted by Gasteiger charge is 2.27. The van der Waals surface area contributed by atoms with E-state index in [4.69, 9.17) is 9.72 Å². The first-order valence-corrected chi connectivity index (χ1v) is 10.7. The number of aromatic amines is 1. The van der Waals surface area contributed by atoms with Crippen molar-refractivity contribution in [1.29, 1.82) is 0 Å². The lowest BCUT2D eigenvalue weighted by Gasteiger charge is -2.29. The largest absolute Gasteiger partial charge is 0.482 e. The number of fused-ring (bicyclic) bond motifs is 2. The molecule has 0 aliphatic carbocycles. The van der Waals surface area contributed by atoms with Crippen LogP contribution in [0, 0.1) is 5.92 Å². The van der Waals surface area contributed by atoms with E-state index in [1.165, 1.54) is 12.8 Å². The van der Waals surface area contributed by atoms with E-state index in [0.717, 1.165) is 36.6 Å². The molecule has 1 fully saturated rings. The van der Waals surface area contributed by atoms with Gasteiger partial charge in [-0.3, -0.25) is 9.78 Å². The Bertz CT molecular complexity index is 1080. The summed E-state index contributed by atoms with van der Waals surface area (Å²) in [5.41, 5.74) is 2.46. The quantitative estimate of drug-likeness (QED) is 0.678. The molecular weight excluding hydrogens is 378 g/mol. The summed E-state index contributed by atoms with van der Waals surface area (Å²) in [6.45, 7) is 3.88. The van der Waals surface area contributed by atoms with Crippen LogP contribution in [0.25, 0.3) is 10.9 Å². The Balaban J connectivity index is 1.35. The van der Waals surface area contributed by atoms with Crippen LogP contribution in [0.1, 0.15) is 36.0 Å². The molecular formula is C23H27N5O2. The molecule has 1 atom stereocenters. The average Bonchev–Trinajstić information content (AvgIpc) is 3.20. The van der Waals surface area contributed by atoms with Gasteiger partial charge in [0.2, 0.25) is 0 Å². The van der Waals surface area contributed by atoms with Crippen LogP contribution in [0.2, 0.25) is 0 Å². The molecule has 0 bridgehead atoms. The van der Waals surface area contributed by atoms with Gasteiger partial charge < -0.3 is 19.9 Å². The first kappa shape index (κ1) is 19.2. The van der Waals surface area contributed by atoms with Crippen molar-refractivity contribution in [3.05, 3.63) is 64.0 Å². The van der Waals surface area contributed by atoms with Crippen molar-refractivity contribution in [3.63, 3.8) is 0 Å². The second-order valence-corrected chi connectivity index (χ2v) is 8.40. The number of hydrogen-bond acceptors (Lipinski definition) is 6. The molecule has 30 heavy (non-hydrogen) atoms. The maximum Gasteiger partial charge on any atom is 0.258 e. The topological polar surface area (TPSA) is 83.1 Å². The summed E-state index contributed by atoms with van der Waals surface area (Å²) < 4.78 is 6.03. The summed E-state index contributed by atoms with van der Waals surface area (Å²) in [7, 11) is 2.18. The van der Waals surface area contributed by atoms with Crippen LogP contribution in [-0.2, 0) is 13.0 Å². The zero-order valence-electron chi connectivity index (χ0n) is 17.2. The molecule has 4 heterocycles. The number of benzene rings is 1. The van der Waals surface area contributed by atoms with E-state index in [2.05, 4.69) is 33.3 Å². The van der Waals surface area contributed by atoms with Crippen LogP contribution in [0.4, 0.5) is 0 Å². The number of nitrogens with zero attached hydrogens (tertiary/aromatic N) is 3. The minimum Gasteiger partial charge on any atom is -0.482 e. The molecule has 2 N–H and O–H groups in total. The van der Waals surface area contributed by atoms with Gasteiger partial charge in [0.1, 0.15) is 11.3 Å². The highest BCUT2D eigenvalue weighted by molar-refractivity contribution is 5.79. The monoisotopic (exact) mass is 405 g/mol. The highest BCUT2D eigenvalue weighted by Crippen LogP contribution is 2.35. The van der Waals surface area contributed by atoms with Crippen LogP contribution in [0.3, 0.4) is 0 Å². The van der Waals surface area contributed by atoms with Crippen molar-refractivity contribution >= 4 is 10.9 Å². The number of nitrogens with one attached hydrogen (secondary N) is 2. The zero-order valence-corrected chi connectivity index (χ0v) is 17.2. The fourth-order valence-corrected chi connectivity index (χ4v) is 4.41. The summed E-state index contributed by atoms with van der Waals surface area (Å²) in [6.07, 6.45) is 4.55. The molecule has 156 valence electrons. The van der Waals surface area contributed by atoms with Crippen LogP contribution >= 0.6 is 0 Å². The molecule has 0 spiro atoms. The number of piperidine rings is 1. The molecule has 2 aromatic heterocycles. The van der Waals surface area contributed by atoms with E-state index in [-0.39, 0.29) is 11.7 Å². The summed E-state index contributed by atoms with van der Waals surface area (Å²) in [5.74, 6) is 2.11. The Morgan fingerprint density at radius 3 is 2.90 bits per heavy atom. The van der Waals surface area contributed by atoms with Crippen molar-refractivity contribution in [1.82, 2.24) is 25.2 Å². The van der Waals surface area contributed by atoms with Gasteiger partial charge in [0.25, 0.3) is 5.56 Å². The SMILES string of the molecule is CN1CCC(CNCc2nccc3c(=O)[nH]c(C4Cc5ccccc5O4)nc23)CC1. The van der Waals surface area contributed by atoms with E-state index in [0.29, 0.717) is 35.6 Å². The first-order valence-electron chi connectivity index (χ1n) is 10.7. The fraction of sp³-hybridized carbons (Fsp3) is 0.435. The summed E-state index contributed by atoms with van der Waals surface area (Å²) in [5, 5.41) is 4.11. The van der Waals surface area contributed by atoms with Crippen LogP contribution in [-0.4, -0.2) is 46.5 Å². The third kappa shape index (κ3) is 3.82. The average molecular weight is 406 g/mol. The van der Waals surface area contributed by atoms with Crippen LogP contribution in [0.5, 0.6) is 5.75 Å². The number of likely N-dealkylation sites (tertiary alicyclic amines) is 1. The first-order chi connectivity index (χ1) is 14.7. The van der Waals surface area contributed by atoms with Crippen LogP contribution in [0.15, 0.2) is 41.3 Å². The van der Waals surface area contributed by atoms with Crippen molar-refractivity contribution in [2.45, 2.75) is 31.9 Å². The summed E-state index contributed by atoms with van der Waals surface area (Å²) >= 11 is 0. The zero-order chi connectivity index (χ0) is 20.5. The number of H-pyrrole nitrogens is 1. The number of para-hydroxylation sites is 1. The van der Waals surface area contributed by atoms with Gasteiger partial charge in [-0.1, -0.05) is 18.2 Å². The standard InChI is InChI=1S/C23H27N5O2/c1-28-10-7-15(8-11-28)13-24-14-18-21-17(6-9-25-18)23(29)27-22(26-21)20-12-16-4-2-3-5-19(16)30-20/h2-6,9,15,20,24H,7-8,10-14H2,1H3,(H,26,27,29). The molecule has 0 radical (unpaired) electrons. The predicted octanol–water partition coefficient (Wildman–Crippen LogP) is 2.43. The molecule has 2 aliphatic heterocycles. The van der Waals surface area contributed by atoms with Gasteiger partial charge in [-0.05, 0) is 63.1 Å². The Kier molecular flexibility index (Phi) is 5.23. The summed E-state index contributed by atoms with van der Waals surface area (Å²) in [4.78, 5) is 27.3. The minimum atomic E-state index is -0.278. The van der Waals surface area contributed by atoms with Crippen LogP contribution < -0.4 is 15.6 Å². The Labute approximate surface area is 175 Å². The smallest absolute Gasteiger partial charge is 0.258 e. The molecule has 1 aromatic carbocycles. The Hall–Kier alpha value is -2.77. The lowest BCUT2D eigenvalue weighted by molar-refractivity contribution is 0.216. The van der Waals surface area contributed by atoms with Crippen molar-refractivity contribution in [2.75, 3.05) is 26.7 Å². The van der Waals surface area contributed by atoms with Gasteiger partial charge >= 0.3 is 0 Å². The van der Waals surface area contributed by atoms with E-state index in [9.17, 15) is 4.79 Å². The number of hydrogen-bond donors (Lipinski definition) is 2. The van der Waals surface area contributed by atoms with Gasteiger partial charge in [0.15, 0.2) is 11.9 Å². The normalized spacial score (nSPS) is 19.7. The van der Waals surface area contributed by atoms with Gasteiger partial charge in [0.05, 0.1) is 11.1 Å². The third-order valence-electron chi connectivity index (χ3n) is 6.23. The minimum absolute atomic E-state index is 0.145. The van der Waals surface area contributed by atoms with Crippen molar-refractivity contribution in [3.8, 4) is 5.75 Å². The molecule has 2 aliphatic rings. The van der Waals surface area contributed by atoms with Crippen molar-refractivity contribution in [2.24, 2.45) is 5.92 Å². The molecule has 7 nitrogen and oxygen atoms in total. The molecule has 0 saturated carbocycles. The molecule has 5 rings (SSSR count). The van der Waals surface area contributed by atoms with E-state index < -0.39 is 0 Å². The maximum absolute atomic E-state index is 12.7. The number of rotatable bonds is 5. The molecule has 1 saturated heterocycles. The molecule has 0 amide bonds. The van der Waals surface area contributed by atoms with Gasteiger partial charge in [-0.2, -0.15) is 0 Å². The second kappa shape index (κ2) is 8.16. The maximum atomic E-state index is 12.7. The number of aromatic nitrogens is 3. The lowest BCUT2D eigenvalue weighted by atomic mass is 9.97. The Morgan fingerprint density at radius 2 is 2.07 bits per heavy atom.